The first-order chi connectivity index (χ1) is 16.7. The molecule has 0 saturated heterocycles. The van der Waals surface area contributed by atoms with Gasteiger partial charge in [0.15, 0.2) is 0 Å². The summed E-state index contributed by atoms with van der Waals surface area (Å²) in [6, 6.07) is 6.45. The number of aromatic hydroxyl groups is 1. The Balaban J connectivity index is 1.76. The van der Waals surface area contributed by atoms with Crippen molar-refractivity contribution < 1.29 is 14.6 Å². The molecule has 0 aromatic heterocycles. The number of benzene rings is 1. The van der Waals surface area contributed by atoms with Gasteiger partial charge >= 0.3 is 5.97 Å². The summed E-state index contributed by atoms with van der Waals surface area (Å²) in [6.45, 7) is 2.73. The summed E-state index contributed by atoms with van der Waals surface area (Å²) in [6.07, 6.45) is 27.2. The van der Waals surface area contributed by atoms with Crippen LogP contribution in [0.4, 0.5) is 0 Å². The van der Waals surface area contributed by atoms with Gasteiger partial charge in [0.2, 0.25) is 0 Å². The van der Waals surface area contributed by atoms with E-state index in [-0.39, 0.29) is 5.75 Å². The van der Waals surface area contributed by atoms with Gasteiger partial charge in [-0.2, -0.15) is 0 Å². The fourth-order valence-electron chi connectivity index (χ4n) is 4.23. The minimum Gasteiger partial charge on any atom is -0.508 e. The standard InChI is InChI=1S/C31H50O3/c1-2-3-4-5-6-7-8-9-10-11-12-13-14-15-16-17-18-19-20-21-28-34-31(33)27-24-29-22-25-30(32)26-23-29/h22-23,25-26,32H,2-21,28H2,1H3. The van der Waals surface area contributed by atoms with Crippen LogP contribution in [0.25, 0.3) is 0 Å². The molecule has 0 aliphatic heterocycles. The van der Waals surface area contributed by atoms with Crippen LogP contribution in [0.3, 0.4) is 0 Å². The summed E-state index contributed by atoms with van der Waals surface area (Å²) in [7, 11) is 0. The number of carbonyl (C=O) groups is 1. The van der Waals surface area contributed by atoms with E-state index < -0.39 is 5.97 Å². The molecular weight excluding hydrogens is 420 g/mol. The number of ether oxygens (including phenoxy) is 1. The lowest BCUT2D eigenvalue weighted by Crippen LogP contribution is -2.02. The highest BCUT2D eigenvalue weighted by atomic mass is 16.5. The Bertz CT molecular complexity index is 653. The van der Waals surface area contributed by atoms with Crippen molar-refractivity contribution in [3.8, 4) is 17.6 Å². The van der Waals surface area contributed by atoms with Crippen molar-refractivity contribution in [2.75, 3.05) is 6.61 Å². The van der Waals surface area contributed by atoms with Gasteiger partial charge in [0, 0.05) is 11.5 Å². The first kappa shape index (κ1) is 30.1. The van der Waals surface area contributed by atoms with Gasteiger partial charge in [-0.1, -0.05) is 135 Å². The van der Waals surface area contributed by atoms with E-state index in [2.05, 4.69) is 18.8 Å². The molecule has 3 heteroatoms. The van der Waals surface area contributed by atoms with Gasteiger partial charge in [0.25, 0.3) is 0 Å². The number of unbranched alkanes of at least 4 members (excludes halogenated alkanes) is 19. The van der Waals surface area contributed by atoms with E-state index in [4.69, 9.17) is 4.74 Å². The third kappa shape index (κ3) is 19.5. The zero-order valence-electron chi connectivity index (χ0n) is 21.9. The highest BCUT2D eigenvalue weighted by Crippen LogP contribution is 2.15. The summed E-state index contributed by atoms with van der Waals surface area (Å²) >= 11 is 0. The molecule has 0 saturated carbocycles. The highest BCUT2D eigenvalue weighted by Gasteiger charge is 1.98. The second-order valence-corrected chi connectivity index (χ2v) is 9.65. The number of hydrogen-bond acceptors (Lipinski definition) is 3. The summed E-state index contributed by atoms with van der Waals surface area (Å²) in [4.78, 5) is 11.6. The normalized spacial score (nSPS) is 10.6. The van der Waals surface area contributed by atoms with Crippen molar-refractivity contribution >= 4 is 5.97 Å². The monoisotopic (exact) mass is 470 g/mol. The number of carbonyl (C=O) groups excluding carboxylic acids is 1. The molecule has 0 unspecified atom stereocenters. The predicted molar refractivity (Wildman–Crippen MR) is 144 cm³/mol. The Kier molecular flexibility index (Phi) is 20.2. The Hall–Kier alpha value is -1.95. The van der Waals surface area contributed by atoms with Crippen molar-refractivity contribution in [2.45, 2.75) is 135 Å². The molecule has 34 heavy (non-hydrogen) atoms. The van der Waals surface area contributed by atoms with Gasteiger partial charge < -0.3 is 9.84 Å². The van der Waals surface area contributed by atoms with Gasteiger partial charge in [-0.25, -0.2) is 4.79 Å². The smallest absolute Gasteiger partial charge is 0.384 e. The maximum absolute atomic E-state index is 11.6. The number of phenols is 1. The van der Waals surface area contributed by atoms with Gasteiger partial charge in [-0.3, -0.25) is 0 Å². The van der Waals surface area contributed by atoms with E-state index in [1.807, 2.05) is 0 Å². The molecule has 192 valence electrons. The second kappa shape index (κ2) is 22.8. The van der Waals surface area contributed by atoms with E-state index >= 15 is 0 Å². The van der Waals surface area contributed by atoms with Crippen LogP contribution in [0, 0.1) is 11.8 Å². The average Bonchev–Trinajstić information content (AvgIpc) is 2.84. The molecule has 0 bridgehead atoms. The third-order valence-electron chi connectivity index (χ3n) is 6.41. The lowest BCUT2D eigenvalue weighted by molar-refractivity contribution is -0.136. The molecule has 0 heterocycles. The summed E-state index contributed by atoms with van der Waals surface area (Å²) < 4.78 is 5.16. The number of phenolic OH excluding ortho intramolecular Hbond substituents is 1. The van der Waals surface area contributed by atoms with Gasteiger partial charge in [0.1, 0.15) is 5.75 Å². The predicted octanol–water partition coefficient (Wildman–Crippen LogP) is 9.11. The maximum Gasteiger partial charge on any atom is 0.384 e. The zero-order chi connectivity index (χ0) is 24.5. The Morgan fingerprint density at radius 2 is 1.03 bits per heavy atom. The molecule has 3 nitrogen and oxygen atoms in total. The van der Waals surface area contributed by atoms with Crippen molar-refractivity contribution in [1.82, 2.24) is 0 Å². The highest BCUT2D eigenvalue weighted by molar-refractivity contribution is 5.89. The fourth-order valence-corrected chi connectivity index (χ4v) is 4.23. The van der Waals surface area contributed by atoms with E-state index in [1.165, 1.54) is 116 Å². The van der Waals surface area contributed by atoms with E-state index in [0.29, 0.717) is 12.2 Å². The van der Waals surface area contributed by atoms with Crippen molar-refractivity contribution in [2.24, 2.45) is 0 Å². The minimum atomic E-state index is -0.481. The zero-order valence-corrected chi connectivity index (χ0v) is 21.9. The summed E-state index contributed by atoms with van der Waals surface area (Å²) in [5.74, 6) is 4.94. The van der Waals surface area contributed by atoms with Crippen molar-refractivity contribution in [3.63, 3.8) is 0 Å². The molecule has 1 N–H and O–H groups in total. The Morgan fingerprint density at radius 3 is 1.44 bits per heavy atom. The maximum atomic E-state index is 11.6. The van der Waals surface area contributed by atoms with E-state index in [0.717, 1.165) is 12.8 Å². The van der Waals surface area contributed by atoms with E-state index in [1.54, 1.807) is 24.3 Å². The molecule has 1 aromatic rings. The van der Waals surface area contributed by atoms with Crippen molar-refractivity contribution in [1.29, 1.82) is 0 Å². The van der Waals surface area contributed by atoms with Crippen LogP contribution < -0.4 is 0 Å². The Labute approximate surface area is 210 Å². The van der Waals surface area contributed by atoms with Gasteiger partial charge in [-0.15, -0.1) is 0 Å². The topological polar surface area (TPSA) is 46.5 Å². The summed E-state index contributed by atoms with van der Waals surface area (Å²) in [5.41, 5.74) is 0.688. The first-order valence-corrected chi connectivity index (χ1v) is 14.2. The second-order valence-electron chi connectivity index (χ2n) is 9.65. The van der Waals surface area contributed by atoms with Crippen LogP contribution >= 0.6 is 0 Å². The molecule has 0 aliphatic rings. The molecule has 1 aromatic carbocycles. The van der Waals surface area contributed by atoms with Crippen LogP contribution in [-0.2, 0) is 9.53 Å². The number of hydrogen-bond donors (Lipinski definition) is 1. The third-order valence-corrected chi connectivity index (χ3v) is 6.41. The molecular formula is C31H50O3. The minimum absolute atomic E-state index is 0.188. The number of rotatable bonds is 21. The molecule has 1 rings (SSSR count). The molecule has 0 spiro atoms. The largest absolute Gasteiger partial charge is 0.508 e. The molecule has 0 radical (unpaired) electrons. The van der Waals surface area contributed by atoms with E-state index in [9.17, 15) is 9.90 Å². The fraction of sp³-hybridized carbons (Fsp3) is 0.710. The van der Waals surface area contributed by atoms with Gasteiger partial charge in [-0.05, 0) is 30.7 Å². The molecule has 0 aliphatic carbocycles. The molecule has 0 fully saturated rings. The lowest BCUT2D eigenvalue weighted by Gasteiger charge is -2.04. The van der Waals surface area contributed by atoms with Crippen molar-refractivity contribution in [3.05, 3.63) is 29.8 Å². The Morgan fingerprint density at radius 1 is 0.647 bits per heavy atom. The SMILES string of the molecule is CCCCCCCCCCCCCCCCCCCCCCOC(=O)C#Cc1ccc(O)cc1. The first-order valence-electron chi connectivity index (χ1n) is 14.2. The van der Waals surface area contributed by atoms with Crippen LogP contribution in [-0.4, -0.2) is 17.7 Å². The van der Waals surface area contributed by atoms with Crippen LogP contribution in [0.5, 0.6) is 5.75 Å². The van der Waals surface area contributed by atoms with Crippen LogP contribution in [0.15, 0.2) is 24.3 Å². The van der Waals surface area contributed by atoms with Crippen LogP contribution in [0.1, 0.15) is 141 Å². The quantitative estimate of drug-likeness (QED) is 0.111. The number of esters is 1. The average molecular weight is 471 g/mol. The lowest BCUT2D eigenvalue weighted by atomic mass is 10.0. The molecule has 0 atom stereocenters. The van der Waals surface area contributed by atoms with Crippen LogP contribution in [0.2, 0.25) is 0 Å². The summed E-state index contributed by atoms with van der Waals surface area (Å²) in [5, 5.41) is 9.23. The van der Waals surface area contributed by atoms with Gasteiger partial charge in [0.05, 0.1) is 6.61 Å². The molecule has 0 amide bonds.